The number of halogens is 1. The molecule has 0 bridgehead atoms. The lowest BCUT2D eigenvalue weighted by atomic mass is 10.2. The van der Waals surface area contributed by atoms with Crippen LogP contribution in [0.1, 0.15) is 43.8 Å². The summed E-state index contributed by atoms with van der Waals surface area (Å²) in [6, 6.07) is 2.55. The molecule has 0 radical (unpaired) electrons. The first-order valence-electron chi connectivity index (χ1n) is 7.11. The number of anilines is 1. The Morgan fingerprint density at radius 1 is 1.42 bits per heavy atom. The third-order valence-electron chi connectivity index (χ3n) is 4.21. The molecule has 1 aliphatic carbocycles. The number of aryl methyl sites for hydroxylation is 1. The highest BCUT2D eigenvalue weighted by molar-refractivity contribution is 9.09. The smallest absolute Gasteiger partial charge is 0.228 e. The summed E-state index contributed by atoms with van der Waals surface area (Å²) in [7, 11) is 0. The Balaban J connectivity index is 1.89. The van der Waals surface area contributed by atoms with Crippen LogP contribution in [0.2, 0.25) is 0 Å². The molecule has 19 heavy (non-hydrogen) atoms. The summed E-state index contributed by atoms with van der Waals surface area (Å²) in [5.74, 6) is 1.68. The lowest BCUT2D eigenvalue weighted by Gasteiger charge is -2.21. The average Bonchev–Trinajstić information content (AvgIpc) is 3.07. The topological polar surface area (TPSA) is 38.1 Å². The number of alkyl halides is 1. The number of carbonyl (C=O) groups is 1. The highest BCUT2D eigenvalue weighted by Crippen LogP contribution is 2.35. The van der Waals surface area contributed by atoms with E-state index in [-0.39, 0.29) is 5.91 Å². The summed E-state index contributed by atoms with van der Waals surface area (Å²) >= 11 is 3.49. The molecule has 4 nitrogen and oxygen atoms in total. The zero-order valence-corrected chi connectivity index (χ0v) is 12.9. The van der Waals surface area contributed by atoms with Crippen LogP contribution in [0.3, 0.4) is 0 Å². The predicted octanol–water partition coefficient (Wildman–Crippen LogP) is 3.05. The van der Waals surface area contributed by atoms with E-state index < -0.39 is 0 Å². The van der Waals surface area contributed by atoms with E-state index in [9.17, 15) is 4.79 Å². The van der Waals surface area contributed by atoms with Crippen LogP contribution in [0.5, 0.6) is 0 Å². The van der Waals surface area contributed by atoms with E-state index in [0.29, 0.717) is 18.4 Å². The molecular weight excluding hydrogens is 306 g/mol. The number of amides is 1. The van der Waals surface area contributed by atoms with Crippen LogP contribution in [0, 0.1) is 12.8 Å². The molecule has 1 amide bonds. The third kappa shape index (κ3) is 2.45. The summed E-state index contributed by atoms with van der Waals surface area (Å²) in [5.41, 5.74) is 1.01. The SMILES string of the molecule is Cc1cc(N2CC(CBr)CC2=O)n(C2CCCC2)n1. The number of nitrogens with zero attached hydrogens (tertiary/aromatic N) is 3. The molecule has 1 saturated carbocycles. The standard InChI is InChI=1S/C14H20BrN3O/c1-10-6-13(17-9-11(8-15)7-14(17)19)18(16-10)12-4-2-3-5-12/h6,11-12H,2-5,7-9H2,1H3. The maximum Gasteiger partial charge on any atom is 0.228 e. The molecule has 104 valence electrons. The lowest BCUT2D eigenvalue weighted by molar-refractivity contribution is -0.117. The second kappa shape index (κ2) is 5.27. The molecule has 1 aromatic rings. The van der Waals surface area contributed by atoms with Gasteiger partial charge in [0.25, 0.3) is 0 Å². The summed E-state index contributed by atoms with van der Waals surface area (Å²) in [5, 5.41) is 5.53. The summed E-state index contributed by atoms with van der Waals surface area (Å²) in [4.78, 5) is 14.1. The first-order chi connectivity index (χ1) is 9.19. The van der Waals surface area contributed by atoms with Gasteiger partial charge in [-0.25, -0.2) is 4.68 Å². The van der Waals surface area contributed by atoms with Gasteiger partial charge in [0.15, 0.2) is 0 Å². The minimum Gasteiger partial charge on any atom is -0.297 e. The molecular formula is C14H20BrN3O. The fourth-order valence-corrected chi connectivity index (χ4v) is 3.66. The van der Waals surface area contributed by atoms with E-state index in [4.69, 9.17) is 0 Å². The largest absolute Gasteiger partial charge is 0.297 e. The highest BCUT2D eigenvalue weighted by atomic mass is 79.9. The van der Waals surface area contributed by atoms with Crippen LogP contribution in [0.25, 0.3) is 0 Å². The molecule has 1 unspecified atom stereocenters. The van der Waals surface area contributed by atoms with E-state index in [1.165, 1.54) is 25.7 Å². The Labute approximate surface area is 122 Å². The van der Waals surface area contributed by atoms with Crippen molar-refractivity contribution in [1.82, 2.24) is 9.78 Å². The fourth-order valence-electron chi connectivity index (χ4n) is 3.23. The minimum atomic E-state index is 0.239. The van der Waals surface area contributed by atoms with Crippen LogP contribution in [0.15, 0.2) is 6.07 Å². The Kier molecular flexibility index (Phi) is 3.65. The van der Waals surface area contributed by atoms with E-state index in [0.717, 1.165) is 23.4 Å². The van der Waals surface area contributed by atoms with Gasteiger partial charge in [-0.2, -0.15) is 5.10 Å². The van der Waals surface area contributed by atoms with Crippen molar-refractivity contribution in [2.24, 2.45) is 5.92 Å². The van der Waals surface area contributed by atoms with Crippen molar-refractivity contribution in [3.05, 3.63) is 11.8 Å². The van der Waals surface area contributed by atoms with Gasteiger partial charge in [-0.15, -0.1) is 0 Å². The molecule has 2 aliphatic rings. The Morgan fingerprint density at radius 3 is 2.79 bits per heavy atom. The normalized spacial score (nSPS) is 24.6. The molecule has 1 aliphatic heterocycles. The van der Waals surface area contributed by atoms with Gasteiger partial charge < -0.3 is 0 Å². The van der Waals surface area contributed by atoms with Crippen molar-refractivity contribution in [1.29, 1.82) is 0 Å². The molecule has 2 heterocycles. The van der Waals surface area contributed by atoms with Crippen LogP contribution in [0.4, 0.5) is 5.82 Å². The van der Waals surface area contributed by atoms with Crippen LogP contribution in [-0.2, 0) is 4.79 Å². The van der Waals surface area contributed by atoms with Crippen molar-refractivity contribution < 1.29 is 4.79 Å². The minimum absolute atomic E-state index is 0.239. The summed E-state index contributed by atoms with van der Waals surface area (Å²) in [6.45, 7) is 2.83. The molecule has 0 aromatic carbocycles. The van der Waals surface area contributed by atoms with E-state index in [1.54, 1.807) is 0 Å². The first-order valence-corrected chi connectivity index (χ1v) is 8.23. The Hall–Kier alpha value is -0.840. The van der Waals surface area contributed by atoms with Crippen LogP contribution >= 0.6 is 15.9 Å². The number of hydrogen-bond acceptors (Lipinski definition) is 2. The lowest BCUT2D eigenvalue weighted by Crippen LogP contribution is -2.28. The van der Waals surface area contributed by atoms with Gasteiger partial charge in [0, 0.05) is 24.4 Å². The average molecular weight is 326 g/mol. The first kappa shape index (κ1) is 13.2. The van der Waals surface area contributed by atoms with E-state index in [1.807, 2.05) is 11.8 Å². The van der Waals surface area contributed by atoms with Crippen LogP contribution in [-0.4, -0.2) is 27.6 Å². The molecule has 3 rings (SSSR count). The summed E-state index contributed by atoms with van der Waals surface area (Å²) < 4.78 is 2.11. The third-order valence-corrected chi connectivity index (χ3v) is 5.12. The highest BCUT2D eigenvalue weighted by Gasteiger charge is 2.33. The quantitative estimate of drug-likeness (QED) is 0.801. The zero-order valence-electron chi connectivity index (χ0n) is 11.3. The van der Waals surface area contributed by atoms with Crippen molar-refractivity contribution >= 4 is 27.7 Å². The number of hydrogen-bond donors (Lipinski definition) is 0. The molecule has 1 saturated heterocycles. The van der Waals surface area contributed by atoms with Crippen molar-refractivity contribution in [2.75, 3.05) is 16.8 Å². The predicted molar refractivity (Wildman–Crippen MR) is 78.7 cm³/mol. The summed E-state index contributed by atoms with van der Waals surface area (Å²) in [6.07, 6.45) is 5.60. The number of aromatic nitrogens is 2. The van der Waals surface area contributed by atoms with Crippen molar-refractivity contribution in [2.45, 2.75) is 45.1 Å². The van der Waals surface area contributed by atoms with Crippen molar-refractivity contribution in [3.8, 4) is 0 Å². The van der Waals surface area contributed by atoms with Gasteiger partial charge in [0.2, 0.25) is 5.91 Å². The fraction of sp³-hybridized carbons (Fsp3) is 0.714. The van der Waals surface area contributed by atoms with E-state index in [2.05, 4.69) is 31.8 Å². The maximum atomic E-state index is 12.2. The number of rotatable bonds is 3. The van der Waals surface area contributed by atoms with Crippen LogP contribution < -0.4 is 4.90 Å². The number of carbonyl (C=O) groups excluding carboxylic acids is 1. The molecule has 5 heteroatoms. The van der Waals surface area contributed by atoms with Gasteiger partial charge in [-0.05, 0) is 25.7 Å². The zero-order chi connectivity index (χ0) is 13.4. The maximum absolute atomic E-state index is 12.2. The Bertz CT molecular complexity index is 479. The van der Waals surface area contributed by atoms with Gasteiger partial charge in [0.1, 0.15) is 5.82 Å². The molecule has 0 spiro atoms. The van der Waals surface area contributed by atoms with Gasteiger partial charge >= 0.3 is 0 Å². The second-order valence-corrected chi connectivity index (χ2v) is 6.40. The molecule has 0 N–H and O–H groups in total. The van der Waals surface area contributed by atoms with E-state index >= 15 is 0 Å². The monoisotopic (exact) mass is 325 g/mol. The second-order valence-electron chi connectivity index (χ2n) is 5.76. The molecule has 2 fully saturated rings. The van der Waals surface area contributed by atoms with Gasteiger partial charge in [-0.1, -0.05) is 28.8 Å². The van der Waals surface area contributed by atoms with Gasteiger partial charge in [-0.3, -0.25) is 9.69 Å². The van der Waals surface area contributed by atoms with Crippen molar-refractivity contribution in [3.63, 3.8) is 0 Å². The molecule has 1 atom stereocenters. The van der Waals surface area contributed by atoms with Gasteiger partial charge in [0.05, 0.1) is 11.7 Å². The Morgan fingerprint density at radius 2 is 2.16 bits per heavy atom. The molecule has 1 aromatic heterocycles.